The smallest absolute Gasteiger partial charge is 0.250 e. The van der Waals surface area contributed by atoms with Crippen molar-refractivity contribution in [2.75, 3.05) is 12.4 Å². The summed E-state index contributed by atoms with van der Waals surface area (Å²) in [5, 5.41) is 2.81. The molecule has 0 radical (unpaired) electrons. The van der Waals surface area contributed by atoms with Gasteiger partial charge in [0.15, 0.2) is 17.2 Å². The minimum Gasteiger partial charge on any atom is -0.434 e. The summed E-state index contributed by atoms with van der Waals surface area (Å²) in [6.45, 7) is 1.67. The van der Waals surface area contributed by atoms with Crippen molar-refractivity contribution in [3.63, 3.8) is 0 Å². The minimum atomic E-state index is -0.412. The number of imidazole rings is 1. The number of nitrogens with zero attached hydrogens (tertiary/aromatic N) is 3. The van der Waals surface area contributed by atoms with Crippen LogP contribution in [0.5, 0.6) is 11.6 Å². The molecule has 0 saturated carbocycles. The standard InChI is InChI=1S/C13H12FN5O/c1-7-4-3-5-8(9(7)14)20-12-10-11(17-6-16-10)18-13(15-2)19-12/h3-6H,1-2H3,(H2,15,16,17,18,19). The minimum absolute atomic E-state index is 0.113. The van der Waals surface area contributed by atoms with Gasteiger partial charge in [0.1, 0.15) is 5.52 Å². The number of aromatic amines is 1. The first-order valence-corrected chi connectivity index (χ1v) is 6.01. The van der Waals surface area contributed by atoms with Gasteiger partial charge in [-0.1, -0.05) is 12.1 Å². The molecule has 3 rings (SSSR count). The molecule has 0 aliphatic heterocycles. The van der Waals surface area contributed by atoms with Gasteiger partial charge in [0, 0.05) is 7.05 Å². The lowest BCUT2D eigenvalue weighted by Crippen LogP contribution is -2.00. The summed E-state index contributed by atoms with van der Waals surface area (Å²) < 4.78 is 19.6. The average molecular weight is 273 g/mol. The molecule has 0 amide bonds. The quantitative estimate of drug-likeness (QED) is 0.767. The number of H-pyrrole nitrogens is 1. The van der Waals surface area contributed by atoms with E-state index in [2.05, 4.69) is 25.3 Å². The zero-order valence-corrected chi connectivity index (χ0v) is 10.9. The Balaban J connectivity index is 2.10. The predicted octanol–water partition coefficient (Wildman–Crippen LogP) is 2.63. The number of anilines is 1. The predicted molar refractivity (Wildman–Crippen MR) is 72.4 cm³/mol. The first-order chi connectivity index (χ1) is 9.69. The summed E-state index contributed by atoms with van der Waals surface area (Å²) in [6.07, 6.45) is 1.48. The Kier molecular flexibility index (Phi) is 2.94. The molecule has 102 valence electrons. The van der Waals surface area contributed by atoms with Crippen molar-refractivity contribution in [2.24, 2.45) is 0 Å². The normalized spacial score (nSPS) is 10.8. The Hall–Kier alpha value is -2.70. The lowest BCUT2D eigenvalue weighted by Gasteiger charge is -2.08. The van der Waals surface area contributed by atoms with Gasteiger partial charge in [0.25, 0.3) is 5.88 Å². The molecule has 0 aliphatic carbocycles. The van der Waals surface area contributed by atoms with Gasteiger partial charge >= 0.3 is 0 Å². The van der Waals surface area contributed by atoms with Crippen molar-refractivity contribution >= 4 is 17.1 Å². The maximum Gasteiger partial charge on any atom is 0.250 e. The number of rotatable bonds is 3. The fraction of sp³-hybridized carbons (Fsp3) is 0.154. The largest absolute Gasteiger partial charge is 0.434 e. The van der Waals surface area contributed by atoms with Crippen LogP contribution in [0.15, 0.2) is 24.5 Å². The number of aryl methyl sites for hydroxylation is 1. The van der Waals surface area contributed by atoms with E-state index < -0.39 is 5.82 Å². The highest BCUT2D eigenvalue weighted by molar-refractivity contribution is 5.77. The van der Waals surface area contributed by atoms with Gasteiger partial charge < -0.3 is 15.0 Å². The number of hydrogen-bond acceptors (Lipinski definition) is 5. The highest BCUT2D eigenvalue weighted by Crippen LogP contribution is 2.29. The van der Waals surface area contributed by atoms with Crippen molar-refractivity contribution in [1.29, 1.82) is 0 Å². The summed E-state index contributed by atoms with van der Waals surface area (Å²) >= 11 is 0. The number of ether oxygens (including phenoxy) is 1. The van der Waals surface area contributed by atoms with Crippen LogP contribution in [-0.4, -0.2) is 27.0 Å². The molecule has 0 bridgehead atoms. The molecule has 0 spiro atoms. The number of halogens is 1. The maximum absolute atomic E-state index is 14.0. The second-order valence-electron chi connectivity index (χ2n) is 4.19. The molecule has 2 aromatic heterocycles. The van der Waals surface area contributed by atoms with Crippen LogP contribution < -0.4 is 10.1 Å². The third-order valence-electron chi connectivity index (χ3n) is 2.84. The molecule has 2 N–H and O–H groups in total. The van der Waals surface area contributed by atoms with Crippen LogP contribution in [-0.2, 0) is 0 Å². The van der Waals surface area contributed by atoms with E-state index >= 15 is 0 Å². The van der Waals surface area contributed by atoms with Gasteiger partial charge in [-0.15, -0.1) is 0 Å². The number of hydrogen-bond donors (Lipinski definition) is 2. The zero-order chi connectivity index (χ0) is 14.1. The van der Waals surface area contributed by atoms with Crippen LogP contribution in [0.2, 0.25) is 0 Å². The number of aromatic nitrogens is 4. The zero-order valence-electron chi connectivity index (χ0n) is 10.9. The summed E-state index contributed by atoms with van der Waals surface area (Å²) in [5.41, 5.74) is 1.48. The van der Waals surface area contributed by atoms with E-state index in [0.717, 1.165) is 0 Å². The molecule has 2 heterocycles. The van der Waals surface area contributed by atoms with Gasteiger partial charge in [-0.3, -0.25) is 0 Å². The summed E-state index contributed by atoms with van der Waals surface area (Å²) in [4.78, 5) is 15.3. The molecular weight excluding hydrogens is 261 g/mol. The second kappa shape index (κ2) is 4.76. The van der Waals surface area contributed by atoms with Crippen molar-refractivity contribution in [3.8, 4) is 11.6 Å². The highest BCUT2D eigenvalue weighted by Gasteiger charge is 2.14. The molecular formula is C13H12FN5O. The highest BCUT2D eigenvalue weighted by atomic mass is 19.1. The monoisotopic (exact) mass is 273 g/mol. The molecule has 1 aromatic carbocycles. The van der Waals surface area contributed by atoms with Gasteiger partial charge in [-0.05, 0) is 18.6 Å². The van der Waals surface area contributed by atoms with Crippen LogP contribution in [0, 0.1) is 12.7 Å². The van der Waals surface area contributed by atoms with Gasteiger partial charge in [0.05, 0.1) is 6.33 Å². The maximum atomic E-state index is 14.0. The Labute approximate surface area is 114 Å². The van der Waals surface area contributed by atoms with Crippen LogP contribution in [0.25, 0.3) is 11.2 Å². The third kappa shape index (κ3) is 2.03. The van der Waals surface area contributed by atoms with Crippen molar-refractivity contribution in [2.45, 2.75) is 6.92 Å². The summed E-state index contributed by atoms with van der Waals surface area (Å²) in [7, 11) is 1.69. The van der Waals surface area contributed by atoms with Crippen LogP contribution in [0.4, 0.5) is 10.3 Å². The SMILES string of the molecule is CNc1nc(Oc2cccc(C)c2F)c2[nH]cnc2n1. The first-order valence-electron chi connectivity index (χ1n) is 6.01. The third-order valence-corrected chi connectivity index (χ3v) is 2.84. The van der Waals surface area contributed by atoms with Crippen LogP contribution in [0.3, 0.4) is 0 Å². The molecule has 3 aromatic rings. The average Bonchev–Trinajstić information content (AvgIpc) is 2.92. The Morgan fingerprint density at radius 2 is 2.15 bits per heavy atom. The van der Waals surface area contributed by atoms with Crippen molar-refractivity contribution in [1.82, 2.24) is 19.9 Å². The molecule has 0 unspecified atom stereocenters. The Bertz CT molecular complexity index is 771. The number of nitrogens with one attached hydrogen (secondary N) is 2. The van der Waals surface area contributed by atoms with Crippen LogP contribution >= 0.6 is 0 Å². The van der Waals surface area contributed by atoms with E-state index in [1.807, 2.05) is 0 Å². The van der Waals surface area contributed by atoms with Crippen LogP contribution in [0.1, 0.15) is 5.56 Å². The Morgan fingerprint density at radius 3 is 2.95 bits per heavy atom. The molecule has 7 heteroatoms. The van der Waals surface area contributed by atoms with E-state index in [4.69, 9.17) is 4.74 Å². The van der Waals surface area contributed by atoms with Gasteiger partial charge in [-0.25, -0.2) is 9.37 Å². The molecule has 6 nitrogen and oxygen atoms in total. The molecule has 0 saturated heterocycles. The topological polar surface area (TPSA) is 75.7 Å². The van der Waals surface area contributed by atoms with Crippen molar-refractivity contribution < 1.29 is 9.13 Å². The Morgan fingerprint density at radius 1 is 1.30 bits per heavy atom. The summed E-state index contributed by atoms with van der Waals surface area (Å²) in [5.74, 6) is 0.278. The molecule has 0 aliphatic rings. The van der Waals surface area contributed by atoms with Gasteiger partial charge in [-0.2, -0.15) is 9.97 Å². The fourth-order valence-electron chi connectivity index (χ4n) is 1.80. The molecule has 0 fully saturated rings. The van der Waals surface area contributed by atoms with E-state index in [0.29, 0.717) is 22.7 Å². The fourth-order valence-corrected chi connectivity index (χ4v) is 1.80. The van der Waals surface area contributed by atoms with E-state index in [9.17, 15) is 4.39 Å². The molecule has 0 atom stereocenters. The van der Waals surface area contributed by atoms with E-state index in [-0.39, 0.29) is 11.6 Å². The van der Waals surface area contributed by atoms with Crippen molar-refractivity contribution in [3.05, 3.63) is 35.9 Å². The second-order valence-corrected chi connectivity index (χ2v) is 4.19. The number of fused-ring (bicyclic) bond motifs is 1. The lowest BCUT2D eigenvalue weighted by molar-refractivity contribution is 0.429. The first kappa shape index (κ1) is 12.3. The van der Waals surface area contributed by atoms with E-state index in [1.165, 1.54) is 6.33 Å². The number of benzene rings is 1. The lowest BCUT2D eigenvalue weighted by atomic mass is 10.2. The van der Waals surface area contributed by atoms with E-state index in [1.54, 1.807) is 32.2 Å². The summed E-state index contributed by atoms with van der Waals surface area (Å²) in [6, 6.07) is 4.94. The van der Waals surface area contributed by atoms with Gasteiger partial charge in [0.2, 0.25) is 5.95 Å². The molecule has 20 heavy (non-hydrogen) atoms.